The van der Waals surface area contributed by atoms with Crippen molar-refractivity contribution in [1.82, 2.24) is 4.90 Å². The summed E-state index contributed by atoms with van der Waals surface area (Å²) >= 11 is 8.32. The van der Waals surface area contributed by atoms with Gasteiger partial charge in [0.1, 0.15) is 0 Å². The number of rotatable bonds is 1. The first-order valence-electron chi connectivity index (χ1n) is 2.83. The van der Waals surface area contributed by atoms with Crippen LogP contribution < -0.4 is 11.5 Å². The Morgan fingerprint density at radius 2 is 1.80 bits per heavy atom. The lowest BCUT2D eigenvalue weighted by Gasteiger charge is -2.11. The van der Waals surface area contributed by atoms with Gasteiger partial charge in [-0.25, -0.2) is 0 Å². The minimum atomic E-state index is 0.250. The first-order chi connectivity index (χ1) is 4.37. The summed E-state index contributed by atoms with van der Waals surface area (Å²) in [5.74, 6) is 0. The van der Waals surface area contributed by atoms with Gasteiger partial charge >= 0.3 is 0 Å². The van der Waals surface area contributed by atoms with E-state index in [-0.39, 0.29) is 5.11 Å². The lowest BCUT2D eigenvalue weighted by molar-refractivity contribution is -0.210. The summed E-state index contributed by atoms with van der Waals surface area (Å²) < 4.78 is 0. The summed E-state index contributed by atoms with van der Waals surface area (Å²) in [6.07, 6.45) is 0. The van der Waals surface area contributed by atoms with E-state index in [2.05, 4.69) is 30.6 Å². The lowest BCUT2D eigenvalue weighted by atomic mass is 10.7. The second-order valence-electron chi connectivity index (χ2n) is 2.06. The number of hydrogen-bond acceptors (Lipinski definition) is 3. The maximum atomic E-state index is 4.73. The highest BCUT2D eigenvalue weighted by atomic mass is 32.1. The molecular formula is C5H16N3S2+. The van der Waals surface area contributed by atoms with E-state index < -0.39 is 0 Å². The molecule has 0 aliphatic heterocycles. The number of thiocarbonyl (C=S) groups is 1. The fraction of sp³-hybridized carbons (Fsp3) is 0.800. The maximum absolute atomic E-state index is 4.73. The van der Waals surface area contributed by atoms with E-state index in [1.165, 1.54) is 0 Å². The van der Waals surface area contributed by atoms with Crippen molar-refractivity contribution in [3.8, 4) is 0 Å². The standard InChI is InChI=1S/C4H11NS.CH4N2S/c1-4(6)5(2)3;2-1(3)4/h4,6H,1-3H3;(H4,2,3,4)/p+1. The monoisotopic (exact) mass is 182 g/mol. The van der Waals surface area contributed by atoms with Crippen LogP contribution in [-0.2, 0) is 0 Å². The van der Waals surface area contributed by atoms with E-state index >= 15 is 0 Å². The van der Waals surface area contributed by atoms with Crippen LogP contribution in [0.3, 0.4) is 0 Å². The van der Waals surface area contributed by atoms with E-state index in [1.807, 2.05) is 25.9 Å². The molecule has 0 aliphatic rings. The Morgan fingerprint density at radius 3 is 1.80 bits per heavy atom. The molecule has 0 amide bonds. The predicted molar refractivity (Wildman–Crippen MR) is 51.8 cm³/mol. The molecule has 62 valence electrons. The van der Waals surface area contributed by atoms with Crippen LogP contribution >= 0.6 is 24.8 Å². The quantitative estimate of drug-likeness (QED) is 0.285. The molecule has 0 bridgehead atoms. The van der Waals surface area contributed by atoms with Gasteiger partial charge in [-0.1, -0.05) is 0 Å². The molecular weight excluding hydrogens is 166 g/mol. The van der Waals surface area contributed by atoms with Crippen molar-refractivity contribution in [2.75, 3.05) is 14.1 Å². The van der Waals surface area contributed by atoms with E-state index in [1.54, 1.807) is 0 Å². The second-order valence-corrected chi connectivity index (χ2v) is 3.33. The molecule has 0 aromatic rings. The summed E-state index contributed by atoms with van der Waals surface area (Å²) in [6, 6.07) is 0. The zero-order chi connectivity index (χ0) is 8.73. The van der Waals surface area contributed by atoms with Crippen molar-refractivity contribution < 1.29 is 5.73 Å². The Balaban J connectivity index is 0. The second kappa shape index (κ2) is 7.27. The highest BCUT2D eigenvalue weighted by Gasteiger charge is 1.91. The normalized spacial score (nSPS) is 11.8. The first kappa shape index (κ1) is 12.8. The third-order valence-electron chi connectivity index (χ3n) is 0.747. The van der Waals surface area contributed by atoms with Crippen molar-refractivity contribution in [2.24, 2.45) is 5.73 Å². The third kappa shape index (κ3) is 24.2. The Labute approximate surface area is 73.2 Å². The van der Waals surface area contributed by atoms with Crippen LogP contribution in [0.25, 0.3) is 0 Å². The maximum Gasteiger partial charge on any atom is 0.262 e. The van der Waals surface area contributed by atoms with E-state index in [4.69, 9.17) is 5.73 Å². The van der Waals surface area contributed by atoms with Crippen LogP contribution in [0.5, 0.6) is 0 Å². The molecule has 0 aromatic carbocycles. The topological polar surface area (TPSA) is 56.9 Å². The number of hydrogen-bond donors (Lipinski definition) is 3. The molecule has 0 fully saturated rings. The molecule has 0 rings (SSSR count). The SMILES string of the molecule is CC(S)N(C)C.NC([NH3+])=S. The van der Waals surface area contributed by atoms with Gasteiger partial charge in [-0.2, -0.15) is 12.6 Å². The Kier molecular flexibility index (Phi) is 9.31. The number of quaternary nitrogens is 1. The molecule has 0 saturated heterocycles. The van der Waals surface area contributed by atoms with Crippen molar-refractivity contribution >= 4 is 30.0 Å². The van der Waals surface area contributed by atoms with Crippen LogP contribution in [0.2, 0.25) is 0 Å². The molecule has 0 aliphatic carbocycles. The van der Waals surface area contributed by atoms with E-state index in [0.29, 0.717) is 5.37 Å². The Hall–Kier alpha value is 0.160. The minimum absolute atomic E-state index is 0.250. The average Bonchev–Trinajstić information content (AvgIpc) is 1.63. The molecule has 10 heavy (non-hydrogen) atoms. The van der Waals surface area contributed by atoms with Crippen LogP contribution in [0.4, 0.5) is 0 Å². The van der Waals surface area contributed by atoms with Gasteiger partial charge in [0.05, 0.1) is 0 Å². The van der Waals surface area contributed by atoms with Gasteiger partial charge < -0.3 is 11.5 Å². The summed E-state index contributed by atoms with van der Waals surface area (Å²) in [7, 11) is 4.00. The zero-order valence-corrected chi connectivity index (χ0v) is 8.38. The highest BCUT2D eigenvalue weighted by Crippen LogP contribution is 1.92. The van der Waals surface area contributed by atoms with Crippen LogP contribution in [0.15, 0.2) is 0 Å². The van der Waals surface area contributed by atoms with Crippen molar-refractivity contribution in [3.63, 3.8) is 0 Å². The molecule has 1 unspecified atom stereocenters. The lowest BCUT2D eigenvalue weighted by Crippen LogP contribution is -2.60. The molecule has 0 heterocycles. The summed E-state index contributed by atoms with van der Waals surface area (Å²) in [5, 5.41) is 0.630. The summed E-state index contributed by atoms with van der Waals surface area (Å²) in [6.45, 7) is 2.03. The van der Waals surface area contributed by atoms with Crippen molar-refractivity contribution in [3.05, 3.63) is 0 Å². The van der Waals surface area contributed by atoms with Gasteiger partial charge in [-0.15, -0.1) is 0 Å². The number of thiol groups is 1. The van der Waals surface area contributed by atoms with Gasteiger partial charge in [0.2, 0.25) is 0 Å². The largest absolute Gasteiger partial charge is 0.345 e. The fourth-order valence-electron chi connectivity index (χ4n) is 0. The Morgan fingerprint density at radius 1 is 1.70 bits per heavy atom. The van der Waals surface area contributed by atoms with Gasteiger partial charge in [-0.05, 0) is 21.0 Å². The van der Waals surface area contributed by atoms with Gasteiger partial charge in [-0.3, -0.25) is 4.90 Å². The predicted octanol–water partition coefficient (Wildman–Crippen LogP) is -0.704. The first-order valence-corrected chi connectivity index (χ1v) is 3.76. The van der Waals surface area contributed by atoms with E-state index in [9.17, 15) is 0 Å². The van der Waals surface area contributed by atoms with Crippen LogP contribution in [0.1, 0.15) is 6.92 Å². The van der Waals surface area contributed by atoms with Crippen molar-refractivity contribution in [2.45, 2.75) is 12.3 Å². The molecule has 5 N–H and O–H groups in total. The molecule has 0 aromatic heterocycles. The molecule has 0 spiro atoms. The van der Waals surface area contributed by atoms with E-state index in [0.717, 1.165) is 0 Å². The summed E-state index contributed by atoms with van der Waals surface area (Å²) in [5.41, 5.74) is 7.88. The van der Waals surface area contributed by atoms with Crippen LogP contribution in [-0.4, -0.2) is 29.5 Å². The van der Waals surface area contributed by atoms with Crippen molar-refractivity contribution in [1.29, 1.82) is 0 Å². The Bertz CT molecular complexity index is 82.9. The zero-order valence-electron chi connectivity index (χ0n) is 6.66. The molecule has 0 saturated carbocycles. The molecule has 5 heteroatoms. The molecule has 3 nitrogen and oxygen atoms in total. The average molecular weight is 182 g/mol. The number of nitrogens with two attached hydrogens (primary N) is 1. The van der Waals surface area contributed by atoms with Gasteiger partial charge in [0, 0.05) is 17.6 Å². The molecule has 0 radical (unpaired) electrons. The third-order valence-corrected chi connectivity index (χ3v) is 1.21. The van der Waals surface area contributed by atoms with Gasteiger partial charge in [0.25, 0.3) is 5.11 Å². The minimum Gasteiger partial charge on any atom is -0.345 e. The summed E-state index contributed by atoms with van der Waals surface area (Å²) in [4.78, 5) is 2.03. The number of nitrogens with zero attached hydrogens (tertiary/aromatic N) is 1. The van der Waals surface area contributed by atoms with Crippen LogP contribution in [0, 0.1) is 0 Å². The molecule has 1 atom stereocenters. The highest BCUT2D eigenvalue weighted by molar-refractivity contribution is 7.80. The van der Waals surface area contributed by atoms with Gasteiger partial charge in [0.15, 0.2) is 0 Å². The fourth-order valence-corrected chi connectivity index (χ4v) is 0. The smallest absolute Gasteiger partial charge is 0.262 e.